The van der Waals surface area contributed by atoms with Gasteiger partial charge in [-0.05, 0) is 37.0 Å². The van der Waals surface area contributed by atoms with Crippen molar-refractivity contribution in [1.82, 2.24) is 4.57 Å². The van der Waals surface area contributed by atoms with Gasteiger partial charge in [-0.25, -0.2) is 4.79 Å². The lowest BCUT2D eigenvalue weighted by molar-refractivity contribution is -0.137. The Balaban J connectivity index is 1.73. The van der Waals surface area contributed by atoms with Gasteiger partial charge < -0.3 is 24.3 Å². The summed E-state index contributed by atoms with van der Waals surface area (Å²) in [7, 11) is 1.55. The Morgan fingerprint density at radius 2 is 1.83 bits per heavy atom. The first-order chi connectivity index (χ1) is 14.4. The van der Waals surface area contributed by atoms with E-state index in [2.05, 4.69) is 0 Å². The first-order valence-electron chi connectivity index (χ1n) is 9.94. The van der Waals surface area contributed by atoms with Gasteiger partial charge in [0.15, 0.2) is 16.9 Å². The van der Waals surface area contributed by atoms with Gasteiger partial charge in [0, 0.05) is 30.8 Å². The minimum Gasteiger partial charge on any atom is -0.493 e. The van der Waals surface area contributed by atoms with Gasteiger partial charge in [0.2, 0.25) is 0 Å². The molecule has 1 aromatic heterocycles. The van der Waals surface area contributed by atoms with E-state index >= 15 is 0 Å². The van der Waals surface area contributed by atoms with Crippen molar-refractivity contribution in [2.45, 2.75) is 45.1 Å². The van der Waals surface area contributed by atoms with Crippen LogP contribution in [0.1, 0.15) is 48.0 Å². The van der Waals surface area contributed by atoms with Gasteiger partial charge in [-0.15, -0.1) is 0 Å². The number of aliphatic carboxylic acids is 1. The van der Waals surface area contributed by atoms with Crippen LogP contribution in [-0.4, -0.2) is 40.4 Å². The SMILES string of the molecule is COc1cc2c(cc1OCCCCCCC(=O)O)CCn1cc(C(=O)O)c(=O)cc1-2. The number of carboxylic acids is 2. The summed E-state index contributed by atoms with van der Waals surface area (Å²) in [6, 6.07) is 5.10. The Bertz CT molecular complexity index is 1010. The van der Waals surface area contributed by atoms with E-state index < -0.39 is 17.4 Å². The highest BCUT2D eigenvalue weighted by atomic mass is 16.5. The molecule has 0 atom stereocenters. The van der Waals surface area contributed by atoms with Crippen LogP contribution in [0.5, 0.6) is 11.5 Å². The van der Waals surface area contributed by atoms with Crippen molar-refractivity contribution in [1.29, 1.82) is 0 Å². The molecule has 3 rings (SSSR count). The van der Waals surface area contributed by atoms with Crippen molar-refractivity contribution in [3.8, 4) is 22.8 Å². The lowest BCUT2D eigenvalue weighted by Crippen LogP contribution is -2.22. The number of hydrogen-bond acceptors (Lipinski definition) is 5. The predicted molar refractivity (Wildman–Crippen MR) is 110 cm³/mol. The van der Waals surface area contributed by atoms with E-state index in [0.29, 0.717) is 43.2 Å². The maximum absolute atomic E-state index is 12.2. The number of pyridine rings is 1. The summed E-state index contributed by atoms with van der Waals surface area (Å²) in [4.78, 5) is 33.9. The molecule has 2 heterocycles. The topological polar surface area (TPSA) is 115 Å². The van der Waals surface area contributed by atoms with Crippen molar-refractivity contribution in [2.75, 3.05) is 13.7 Å². The van der Waals surface area contributed by atoms with E-state index in [0.717, 1.165) is 30.4 Å². The quantitative estimate of drug-likeness (QED) is 0.573. The molecule has 1 aliphatic heterocycles. The average molecular weight is 415 g/mol. The molecule has 1 aromatic carbocycles. The lowest BCUT2D eigenvalue weighted by Gasteiger charge is -2.24. The van der Waals surface area contributed by atoms with E-state index in [1.165, 1.54) is 12.3 Å². The minimum absolute atomic E-state index is 0.192. The summed E-state index contributed by atoms with van der Waals surface area (Å²) in [6.45, 7) is 1.07. The predicted octanol–water partition coefficient (Wildman–Crippen LogP) is 3.19. The number of aromatic nitrogens is 1. The summed E-state index contributed by atoms with van der Waals surface area (Å²) in [6.07, 6.45) is 5.49. The van der Waals surface area contributed by atoms with Crippen molar-refractivity contribution in [3.63, 3.8) is 0 Å². The fourth-order valence-electron chi connectivity index (χ4n) is 3.63. The van der Waals surface area contributed by atoms with Crippen LogP contribution < -0.4 is 14.9 Å². The fourth-order valence-corrected chi connectivity index (χ4v) is 3.63. The number of carboxylic acid groups (broad SMARTS) is 2. The first-order valence-corrected chi connectivity index (χ1v) is 9.94. The van der Waals surface area contributed by atoms with Crippen molar-refractivity contribution in [3.05, 3.63) is 45.7 Å². The molecule has 0 spiro atoms. The van der Waals surface area contributed by atoms with Gasteiger partial charge in [0.1, 0.15) is 5.56 Å². The van der Waals surface area contributed by atoms with Gasteiger partial charge in [0.25, 0.3) is 0 Å². The third-order valence-corrected chi connectivity index (χ3v) is 5.19. The molecule has 0 aliphatic carbocycles. The van der Waals surface area contributed by atoms with Crippen LogP contribution in [0.2, 0.25) is 0 Å². The van der Waals surface area contributed by atoms with E-state index in [4.69, 9.17) is 14.6 Å². The number of aryl methyl sites for hydroxylation is 2. The molecule has 1 aliphatic rings. The lowest BCUT2D eigenvalue weighted by atomic mass is 9.96. The summed E-state index contributed by atoms with van der Waals surface area (Å²) in [5, 5.41) is 17.8. The second-order valence-corrected chi connectivity index (χ2v) is 7.25. The van der Waals surface area contributed by atoms with Crippen LogP contribution in [0.3, 0.4) is 0 Å². The van der Waals surface area contributed by atoms with Crippen LogP contribution in [-0.2, 0) is 17.8 Å². The molecule has 0 saturated heterocycles. The van der Waals surface area contributed by atoms with Gasteiger partial charge in [-0.3, -0.25) is 9.59 Å². The average Bonchev–Trinajstić information content (AvgIpc) is 2.71. The van der Waals surface area contributed by atoms with Crippen molar-refractivity contribution in [2.24, 2.45) is 0 Å². The van der Waals surface area contributed by atoms with Crippen molar-refractivity contribution >= 4 is 11.9 Å². The Labute approximate surface area is 173 Å². The molecule has 0 unspecified atom stereocenters. The van der Waals surface area contributed by atoms with E-state index in [-0.39, 0.29) is 12.0 Å². The van der Waals surface area contributed by atoms with Gasteiger partial charge in [-0.1, -0.05) is 12.8 Å². The molecular formula is C22H25NO7. The number of hydrogen-bond donors (Lipinski definition) is 2. The van der Waals surface area contributed by atoms with Gasteiger partial charge in [0.05, 0.1) is 19.4 Å². The number of rotatable bonds is 10. The van der Waals surface area contributed by atoms with E-state index in [1.54, 1.807) is 11.7 Å². The molecule has 8 nitrogen and oxygen atoms in total. The van der Waals surface area contributed by atoms with E-state index in [9.17, 15) is 19.5 Å². The largest absolute Gasteiger partial charge is 0.493 e. The molecule has 8 heteroatoms. The number of ether oxygens (including phenoxy) is 2. The number of benzene rings is 1. The van der Waals surface area contributed by atoms with Gasteiger partial charge >= 0.3 is 11.9 Å². The summed E-state index contributed by atoms with van der Waals surface area (Å²) < 4.78 is 13.1. The molecule has 0 fully saturated rings. The van der Waals surface area contributed by atoms with Crippen LogP contribution in [0.4, 0.5) is 0 Å². The summed E-state index contributed by atoms with van der Waals surface area (Å²) in [5.41, 5.74) is 1.73. The molecular weight excluding hydrogens is 390 g/mol. The molecule has 0 amide bonds. The van der Waals surface area contributed by atoms with Crippen molar-refractivity contribution < 1.29 is 29.3 Å². The molecule has 0 bridgehead atoms. The monoisotopic (exact) mass is 415 g/mol. The molecule has 0 saturated carbocycles. The normalized spacial score (nSPS) is 12.0. The molecule has 0 radical (unpaired) electrons. The zero-order valence-electron chi connectivity index (χ0n) is 16.8. The van der Waals surface area contributed by atoms with Crippen LogP contribution in [0, 0.1) is 0 Å². The zero-order chi connectivity index (χ0) is 21.7. The maximum atomic E-state index is 12.2. The Morgan fingerprint density at radius 3 is 2.53 bits per heavy atom. The number of aromatic carboxylic acids is 1. The summed E-state index contributed by atoms with van der Waals surface area (Å²) >= 11 is 0. The van der Waals surface area contributed by atoms with E-state index in [1.807, 2.05) is 12.1 Å². The number of nitrogens with zero attached hydrogens (tertiary/aromatic N) is 1. The highest BCUT2D eigenvalue weighted by Crippen LogP contribution is 2.38. The third-order valence-electron chi connectivity index (χ3n) is 5.19. The molecule has 30 heavy (non-hydrogen) atoms. The number of unbranched alkanes of at least 4 members (excludes halogenated alkanes) is 3. The third kappa shape index (κ3) is 4.82. The number of carbonyl (C=O) groups is 2. The van der Waals surface area contributed by atoms with Gasteiger partial charge in [-0.2, -0.15) is 0 Å². The second-order valence-electron chi connectivity index (χ2n) is 7.25. The smallest absolute Gasteiger partial charge is 0.341 e. The number of methoxy groups -OCH3 is 1. The molecule has 160 valence electrons. The summed E-state index contributed by atoms with van der Waals surface area (Å²) in [5.74, 6) is -0.832. The Kier molecular flexibility index (Phi) is 6.76. The first kappa shape index (κ1) is 21.4. The van der Waals surface area contributed by atoms with Crippen LogP contribution in [0.15, 0.2) is 29.2 Å². The maximum Gasteiger partial charge on any atom is 0.341 e. The highest BCUT2D eigenvalue weighted by molar-refractivity contribution is 5.87. The van der Waals surface area contributed by atoms with Crippen LogP contribution >= 0.6 is 0 Å². The minimum atomic E-state index is -1.23. The standard InChI is InChI=1S/C22H25NO7/c1-29-19-11-15-14(10-20(19)30-9-5-3-2-4-6-21(25)26)7-8-23-13-16(22(27)28)18(24)12-17(15)23/h10-13H,2-9H2,1H3,(H,25,26)(H,27,28). The van der Waals surface area contributed by atoms with Crippen LogP contribution in [0.25, 0.3) is 11.3 Å². The second kappa shape index (κ2) is 9.47. The Hall–Kier alpha value is -3.29. The molecule has 2 N–H and O–H groups in total. The number of fused-ring (bicyclic) bond motifs is 3. The fraction of sp³-hybridized carbons (Fsp3) is 0.409. The Morgan fingerprint density at radius 1 is 1.07 bits per heavy atom. The highest BCUT2D eigenvalue weighted by Gasteiger charge is 2.22. The molecule has 2 aromatic rings. The zero-order valence-corrected chi connectivity index (χ0v) is 16.8.